The number of amides is 1. The van der Waals surface area contributed by atoms with E-state index in [0.717, 1.165) is 36.5 Å². The fourth-order valence-electron chi connectivity index (χ4n) is 3.16. The first kappa shape index (κ1) is 23.1. The Kier molecular flexibility index (Phi) is 9.05. The molecule has 0 saturated carbocycles. The average Bonchev–Trinajstić information content (AvgIpc) is 3.40. The monoisotopic (exact) mass is 482 g/mol. The van der Waals surface area contributed by atoms with Crippen LogP contribution >= 0.6 is 46.3 Å². The molecule has 160 valence electrons. The number of hydrogen-bond acceptors (Lipinski definition) is 5. The zero-order valence-corrected chi connectivity index (χ0v) is 19.8. The zero-order chi connectivity index (χ0) is 21.3. The van der Waals surface area contributed by atoms with Crippen LogP contribution in [-0.2, 0) is 17.8 Å². The third kappa shape index (κ3) is 6.74. The molecule has 9 heteroatoms. The second kappa shape index (κ2) is 11.7. The first-order chi connectivity index (χ1) is 14.6. The molecule has 1 atom stereocenters. The predicted octanol–water partition coefficient (Wildman–Crippen LogP) is 5.68. The van der Waals surface area contributed by atoms with Crippen molar-refractivity contribution < 1.29 is 4.79 Å². The number of nitrogens with zero attached hydrogens (tertiary/aromatic N) is 3. The van der Waals surface area contributed by atoms with Crippen LogP contribution in [0.5, 0.6) is 0 Å². The van der Waals surface area contributed by atoms with Crippen molar-refractivity contribution in [1.29, 1.82) is 0 Å². The molecule has 2 aromatic heterocycles. The number of nitrogens with one attached hydrogen (secondary N) is 1. The van der Waals surface area contributed by atoms with E-state index in [1.807, 2.05) is 16.7 Å². The lowest BCUT2D eigenvalue weighted by Crippen LogP contribution is -2.30. The maximum Gasteiger partial charge on any atom is 0.230 e. The molecule has 0 aliphatic heterocycles. The molecule has 1 N–H and O–H groups in total. The minimum atomic E-state index is -0.0287. The number of aryl methyl sites for hydroxylation is 2. The van der Waals surface area contributed by atoms with Gasteiger partial charge >= 0.3 is 0 Å². The van der Waals surface area contributed by atoms with Gasteiger partial charge in [0.15, 0.2) is 5.16 Å². The molecule has 0 saturated heterocycles. The number of carbonyl (C=O) groups excluding carboxylic acids is 1. The minimum absolute atomic E-state index is 0.0287. The van der Waals surface area contributed by atoms with Gasteiger partial charge in [0.2, 0.25) is 5.91 Å². The van der Waals surface area contributed by atoms with E-state index < -0.39 is 0 Å². The number of thiophene rings is 1. The number of benzene rings is 1. The fourth-order valence-corrected chi connectivity index (χ4v) is 5.19. The van der Waals surface area contributed by atoms with Gasteiger partial charge in [0.05, 0.1) is 5.75 Å². The Labute approximate surface area is 195 Å². The fraction of sp³-hybridized carbons (Fsp3) is 0.381. The molecule has 1 unspecified atom stereocenters. The van der Waals surface area contributed by atoms with Crippen LogP contribution in [0.3, 0.4) is 0 Å². The van der Waals surface area contributed by atoms with Gasteiger partial charge in [0.1, 0.15) is 6.33 Å². The number of rotatable bonds is 11. The topological polar surface area (TPSA) is 59.8 Å². The highest BCUT2D eigenvalue weighted by Crippen LogP contribution is 2.30. The van der Waals surface area contributed by atoms with E-state index in [4.69, 9.17) is 23.2 Å². The van der Waals surface area contributed by atoms with Gasteiger partial charge in [-0.25, -0.2) is 0 Å². The molecule has 0 aliphatic rings. The van der Waals surface area contributed by atoms with E-state index in [-0.39, 0.29) is 11.8 Å². The van der Waals surface area contributed by atoms with Crippen molar-refractivity contribution in [3.63, 3.8) is 0 Å². The van der Waals surface area contributed by atoms with E-state index >= 15 is 0 Å². The van der Waals surface area contributed by atoms with Gasteiger partial charge < -0.3 is 9.88 Å². The smallest absolute Gasteiger partial charge is 0.230 e. The molecule has 0 bridgehead atoms. The number of halogens is 2. The average molecular weight is 483 g/mol. The minimum Gasteiger partial charge on any atom is -0.355 e. The Morgan fingerprint density at radius 3 is 2.93 bits per heavy atom. The summed E-state index contributed by atoms with van der Waals surface area (Å²) in [5.41, 5.74) is 1.02. The van der Waals surface area contributed by atoms with Crippen LogP contribution in [0.1, 0.15) is 36.1 Å². The highest BCUT2D eigenvalue weighted by Gasteiger charge is 2.16. The molecule has 0 aliphatic carbocycles. The lowest BCUT2D eigenvalue weighted by Gasteiger charge is -2.19. The molecule has 1 aromatic carbocycles. The Morgan fingerprint density at radius 1 is 1.33 bits per heavy atom. The van der Waals surface area contributed by atoms with Gasteiger partial charge in [-0.1, -0.05) is 60.4 Å². The van der Waals surface area contributed by atoms with Crippen LogP contribution in [0.15, 0.2) is 47.2 Å². The lowest BCUT2D eigenvalue weighted by atomic mass is 9.94. The molecule has 2 heterocycles. The summed E-state index contributed by atoms with van der Waals surface area (Å²) in [5, 5.41) is 15.3. The SMILES string of the molecule is CCCC(CNC(=O)CSc1nncn1CCc1cccs1)c1ccc(Cl)cc1Cl. The molecule has 1 amide bonds. The summed E-state index contributed by atoms with van der Waals surface area (Å²) in [4.78, 5) is 13.8. The Morgan fingerprint density at radius 2 is 2.20 bits per heavy atom. The molecule has 3 aromatic rings. The van der Waals surface area contributed by atoms with Crippen LogP contribution in [0.2, 0.25) is 10.0 Å². The Balaban J connectivity index is 1.50. The van der Waals surface area contributed by atoms with Crippen LogP contribution < -0.4 is 5.32 Å². The Bertz CT molecular complexity index is 946. The third-order valence-electron chi connectivity index (χ3n) is 4.68. The van der Waals surface area contributed by atoms with Crippen molar-refractivity contribution in [2.45, 2.75) is 43.8 Å². The van der Waals surface area contributed by atoms with Crippen molar-refractivity contribution in [2.24, 2.45) is 0 Å². The molecule has 0 radical (unpaired) electrons. The third-order valence-corrected chi connectivity index (χ3v) is 7.16. The first-order valence-electron chi connectivity index (χ1n) is 9.81. The van der Waals surface area contributed by atoms with E-state index in [1.165, 1.54) is 16.6 Å². The predicted molar refractivity (Wildman–Crippen MR) is 126 cm³/mol. The van der Waals surface area contributed by atoms with Gasteiger partial charge in [-0.3, -0.25) is 4.79 Å². The van der Waals surface area contributed by atoms with Gasteiger partial charge in [0.25, 0.3) is 0 Å². The molecule has 0 spiro atoms. The highest BCUT2D eigenvalue weighted by molar-refractivity contribution is 7.99. The van der Waals surface area contributed by atoms with Crippen molar-refractivity contribution in [3.05, 3.63) is 62.5 Å². The van der Waals surface area contributed by atoms with Crippen LogP contribution in [-0.4, -0.2) is 33.0 Å². The quantitative estimate of drug-likeness (QED) is 0.357. The van der Waals surface area contributed by atoms with Crippen LogP contribution in [0, 0.1) is 0 Å². The molecule has 30 heavy (non-hydrogen) atoms. The highest BCUT2D eigenvalue weighted by atomic mass is 35.5. The van der Waals surface area contributed by atoms with Crippen LogP contribution in [0.4, 0.5) is 0 Å². The molecular formula is C21H24Cl2N4OS2. The second-order valence-electron chi connectivity index (χ2n) is 6.88. The van der Waals surface area contributed by atoms with Crippen molar-refractivity contribution in [2.75, 3.05) is 12.3 Å². The summed E-state index contributed by atoms with van der Waals surface area (Å²) < 4.78 is 1.99. The lowest BCUT2D eigenvalue weighted by molar-refractivity contribution is -0.118. The van der Waals surface area contributed by atoms with E-state index in [2.05, 4.69) is 40.0 Å². The van der Waals surface area contributed by atoms with E-state index in [1.54, 1.807) is 23.7 Å². The summed E-state index contributed by atoms with van der Waals surface area (Å²) in [6.07, 6.45) is 4.58. The maximum absolute atomic E-state index is 12.4. The number of hydrogen-bond donors (Lipinski definition) is 1. The summed E-state index contributed by atoms with van der Waals surface area (Å²) >= 11 is 15.5. The largest absolute Gasteiger partial charge is 0.355 e. The van der Waals surface area contributed by atoms with Crippen molar-refractivity contribution in [3.8, 4) is 0 Å². The zero-order valence-electron chi connectivity index (χ0n) is 16.7. The maximum atomic E-state index is 12.4. The number of carbonyl (C=O) groups is 1. The van der Waals surface area contributed by atoms with Gasteiger partial charge in [-0.15, -0.1) is 21.5 Å². The van der Waals surface area contributed by atoms with Crippen LogP contribution in [0.25, 0.3) is 0 Å². The van der Waals surface area contributed by atoms with Gasteiger partial charge in [-0.05, 0) is 42.0 Å². The second-order valence-corrected chi connectivity index (χ2v) is 9.70. The molecular weight excluding hydrogens is 459 g/mol. The standard InChI is InChI=1S/C21H24Cl2N4OS2/c1-2-4-15(18-7-6-16(22)11-19(18)23)12-24-20(28)13-30-21-26-25-14-27(21)9-8-17-5-3-10-29-17/h3,5-7,10-11,14-15H,2,4,8-9,12-13H2,1H3,(H,24,28). The molecule has 0 fully saturated rings. The summed E-state index contributed by atoms with van der Waals surface area (Å²) in [6, 6.07) is 9.71. The number of aromatic nitrogens is 3. The van der Waals surface area contributed by atoms with E-state index in [9.17, 15) is 4.79 Å². The first-order valence-corrected chi connectivity index (χ1v) is 12.4. The van der Waals surface area contributed by atoms with E-state index in [0.29, 0.717) is 22.3 Å². The van der Waals surface area contributed by atoms with Gasteiger partial charge in [0, 0.05) is 33.9 Å². The summed E-state index contributed by atoms with van der Waals surface area (Å²) in [6.45, 7) is 3.46. The van der Waals surface area contributed by atoms with Gasteiger partial charge in [-0.2, -0.15) is 0 Å². The normalized spacial score (nSPS) is 12.1. The summed E-state index contributed by atoms with van der Waals surface area (Å²) in [7, 11) is 0. The van der Waals surface area contributed by atoms with Crippen molar-refractivity contribution >= 4 is 52.2 Å². The van der Waals surface area contributed by atoms with Crippen molar-refractivity contribution in [1.82, 2.24) is 20.1 Å². The molecule has 3 rings (SSSR count). The number of thioether (sulfide) groups is 1. The Hall–Kier alpha value is -1.54. The summed E-state index contributed by atoms with van der Waals surface area (Å²) in [5.74, 6) is 0.424. The molecule has 5 nitrogen and oxygen atoms in total.